The molecule has 0 unspecified atom stereocenters. The van der Waals surface area contributed by atoms with Gasteiger partial charge in [0.05, 0.1) is 0 Å². The van der Waals surface area contributed by atoms with Crippen LogP contribution in [0.5, 0.6) is 0 Å². The Bertz CT molecular complexity index is 3190. The van der Waals surface area contributed by atoms with Crippen molar-refractivity contribution in [2.24, 2.45) is 0 Å². The molecular weight excluding hydrogens is 671 g/mol. The lowest BCUT2D eigenvalue weighted by molar-refractivity contribution is 0.669. The fourth-order valence-electron chi connectivity index (χ4n) is 8.10. The van der Waals surface area contributed by atoms with Crippen LogP contribution in [-0.2, 0) is 0 Å². The first-order chi connectivity index (χ1) is 27.2. The second kappa shape index (κ2) is 12.6. The maximum Gasteiger partial charge on any atom is 0.143 e. The molecule has 3 heteroatoms. The van der Waals surface area contributed by atoms with E-state index < -0.39 is 0 Å². The summed E-state index contributed by atoms with van der Waals surface area (Å²) in [4.78, 5) is 2.34. The lowest BCUT2D eigenvalue weighted by atomic mass is 10.00. The first-order valence-corrected chi connectivity index (χ1v) is 18.7. The average molecular weight is 704 g/mol. The third-order valence-electron chi connectivity index (χ3n) is 10.9. The van der Waals surface area contributed by atoms with Gasteiger partial charge < -0.3 is 13.7 Å². The summed E-state index contributed by atoms with van der Waals surface area (Å²) in [5, 5.41) is 6.93. The second-order valence-corrected chi connectivity index (χ2v) is 14.1. The Morgan fingerprint density at radius 2 is 0.836 bits per heavy atom. The van der Waals surface area contributed by atoms with E-state index in [0.717, 1.165) is 94.3 Å². The highest BCUT2D eigenvalue weighted by Gasteiger charge is 2.16. The quantitative estimate of drug-likeness (QED) is 0.173. The number of nitrogens with zero attached hydrogens (tertiary/aromatic N) is 1. The van der Waals surface area contributed by atoms with Crippen molar-refractivity contribution in [3.63, 3.8) is 0 Å². The number of anilines is 3. The summed E-state index contributed by atoms with van der Waals surface area (Å²) < 4.78 is 12.6. The van der Waals surface area contributed by atoms with Gasteiger partial charge in [0, 0.05) is 44.2 Å². The van der Waals surface area contributed by atoms with Gasteiger partial charge in [0.25, 0.3) is 0 Å². The molecule has 0 aliphatic carbocycles. The monoisotopic (exact) mass is 703 g/mol. The number of rotatable bonds is 6. The predicted molar refractivity (Wildman–Crippen MR) is 229 cm³/mol. The van der Waals surface area contributed by atoms with E-state index in [4.69, 9.17) is 8.83 Å². The number of hydrogen-bond donors (Lipinski definition) is 0. The van der Waals surface area contributed by atoms with Crippen molar-refractivity contribution in [3.8, 4) is 33.4 Å². The molecule has 2 heterocycles. The van der Waals surface area contributed by atoms with Gasteiger partial charge >= 0.3 is 0 Å². The van der Waals surface area contributed by atoms with Crippen LogP contribution in [0.3, 0.4) is 0 Å². The predicted octanol–water partition coefficient (Wildman–Crippen LogP) is 15.1. The maximum atomic E-state index is 6.47. The molecular formula is C52H33NO2. The van der Waals surface area contributed by atoms with E-state index in [1.807, 2.05) is 18.2 Å². The van der Waals surface area contributed by atoms with Crippen molar-refractivity contribution in [2.75, 3.05) is 4.90 Å². The largest absolute Gasteiger partial charge is 0.456 e. The molecule has 0 aliphatic rings. The minimum Gasteiger partial charge on any atom is -0.456 e. The number of fused-ring (bicyclic) bond motifs is 7. The zero-order valence-corrected chi connectivity index (χ0v) is 29.8. The summed E-state index contributed by atoms with van der Waals surface area (Å²) in [6, 6.07) is 71.1. The number of furan rings is 2. The molecule has 0 radical (unpaired) electrons. The van der Waals surface area contributed by atoms with Crippen LogP contribution >= 0.6 is 0 Å². The van der Waals surface area contributed by atoms with Crippen molar-refractivity contribution < 1.29 is 8.83 Å². The summed E-state index contributed by atoms with van der Waals surface area (Å²) in [7, 11) is 0. The SMILES string of the molecule is c1ccc(-c2cccc3c2oc2ccc(-c4ccc(N(c5ccc(-c6ccc7oc8ccccc8c7c6)cc5)c5ccc6ccccc6c5)cc4)cc23)cc1. The van der Waals surface area contributed by atoms with Gasteiger partial charge in [-0.3, -0.25) is 0 Å². The van der Waals surface area contributed by atoms with Crippen molar-refractivity contribution in [3.05, 3.63) is 200 Å². The Balaban J connectivity index is 0.968. The van der Waals surface area contributed by atoms with E-state index in [-0.39, 0.29) is 0 Å². The zero-order valence-electron chi connectivity index (χ0n) is 29.8. The van der Waals surface area contributed by atoms with E-state index in [1.54, 1.807) is 0 Å². The molecule has 258 valence electrons. The van der Waals surface area contributed by atoms with Gasteiger partial charge in [0.1, 0.15) is 22.3 Å². The van der Waals surface area contributed by atoms with Crippen LogP contribution in [0, 0.1) is 0 Å². The summed E-state index contributed by atoms with van der Waals surface area (Å²) in [5.41, 5.74) is 13.8. The minimum absolute atomic E-state index is 0.891. The molecule has 11 aromatic rings. The second-order valence-electron chi connectivity index (χ2n) is 14.1. The third-order valence-corrected chi connectivity index (χ3v) is 10.9. The van der Waals surface area contributed by atoms with E-state index >= 15 is 0 Å². The van der Waals surface area contributed by atoms with Gasteiger partial charge in [-0.15, -0.1) is 0 Å². The molecule has 0 saturated carbocycles. The van der Waals surface area contributed by atoms with Gasteiger partial charge in [-0.05, 0) is 105 Å². The number of para-hydroxylation sites is 2. The van der Waals surface area contributed by atoms with Gasteiger partial charge in [0.15, 0.2) is 0 Å². The van der Waals surface area contributed by atoms with Crippen LogP contribution in [0.1, 0.15) is 0 Å². The third kappa shape index (κ3) is 5.36. The molecule has 2 aromatic heterocycles. The first-order valence-electron chi connectivity index (χ1n) is 18.7. The molecule has 55 heavy (non-hydrogen) atoms. The summed E-state index contributed by atoms with van der Waals surface area (Å²) >= 11 is 0. The van der Waals surface area contributed by atoms with Gasteiger partial charge in [0.2, 0.25) is 0 Å². The van der Waals surface area contributed by atoms with Gasteiger partial charge in [-0.1, -0.05) is 133 Å². The lowest BCUT2D eigenvalue weighted by Crippen LogP contribution is -2.09. The Morgan fingerprint density at radius 3 is 1.56 bits per heavy atom. The van der Waals surface area contributed by atoms with Crippen LogP contribution in [0.2, 0.25) is 0 Å². The molecule has 0 spiro atoms. The van der Waals surface area contributed by atoms with E-state index in [1.165, 1.54) is 10.8 Å². The van der Waals surface area contributed by atoms with Gasteiger partial charge in [-0.2, -0.15) is 0 Å². The Hall–Kier alpha value is -7.36. The summed E-state index contributed by atoms with van der Waals surface area (Å²) in [5.74, 6) is 0. The lowest BCUT2D eigenvalue weighted by Gasteiger charge is -2.26. The molecule has 0 atom stereocenters. The van der Waals surface area contributed by atoms with Crippen molar-refractivity contribution >= 4 is 71.7 Å². The molecule has 3 nitrogen and oxygen atoms in total. The van der Waals surface area contributed by atoms with E-state index in [9.17, 15) is 0 Å². The van der Waals surface area contributed by atoms with Gasteiger partial charge in [-0.25, -0.2) is 0 Å². The molecule has 0 saturated heterocycles. The van der Waals surface area contributed by atoms with Crippen LogP contribution in [-0.4, -0.2) is 0 Å². The Kier molecular flexibility index (Phi) is 7.17. The first kappa shape index (κ1) is 31.2. The molecule has 0 N–H and O–H groups in total. The standard InChI is InChI=1S/C52H33NO2/c1-2-10-37(11-3-1)44-14-8-15-46-48-33-40(23-30-51(48)55-52(44)46)36-19-26-42(27-20-36)53(43-28-21-34-9-4-5-12-38(34)31-43)41-24-17-35(18-25-41)39-22-29-50-47(32-39)45-13-6-7-16-49(45)54-50/h1-33H. The van der Waals surface area contributed by atoms with Crippen LogP contribution in [0.4, 0.5) is 17.1 Å². The Morgan fingerprint density at radius 1 is 0.291 bits per heavy atom. The zero-order chi connectivity index (χ0) is 36.3. The fraction of sp³-hybridized carbons (Fsp3) is 0. The number of hydrogen-bond acceptors (Lipinski definition) is 3. The summed E-state index contributed by atoms with van der Waals surface area (Å²) in [6.45, 7) is 0. The average Bonchev–Trinajstić information content (AvgIpc) is 3.82. The minimum atomic E-state index is 0.891. The normalized spacial score (nSPS) is 11.6. The summed E-state index contributed by atoms with van der Waals surface area (Å²) in [6.07, 6.45) is 0. The van der Waals surface area contributed by atoms with E-state index in [0.29, 0.717) is 0 Å². The van der Waals surface area contributed by atoms with Crippen LogP contribution < -0.4 is 4.90 Å². The van der Waals surface area contributed by atoms with Crippen molar-refractivity contribution in [1.82, 2.24) is 0 Å². The Labute approximate surface area is 317 Å². The molecule has 0 bridgehead atoms. The molecule has 9 aromatic carbocycles. The van der Waals surface area contributed by atoms with E-state index in [2.05, 4.69) is 187 Å². The molecule has 0 fully saturated rings. The van der Waals surface area contributed by atoms with Crippen LogP contribution in [0.15, 0.2) is 209 Å². The number of benzene rings is 9. The maximum absolute atomic E-state index is 6.47. The highest BCUT2D eigenvalue weighted by molar-refractivity contribution is 6.11. The molecule has 0 aliphatic heterocycles. The molecule has 11 rings (SSSR count). The van der Waals surface area contributed by atoms with Crippen LogP contribution in [0.25, 0.3) is 88.0 Å². The smallest absolute Gasteiger partial charge is 0.143 e. The molecule has 0 amide bonds. The van der Waals surface area contributed by atoms with Crippen molar-refractivity contribution in [1.29, 1.82) is 0 Å². The highest BCUT2D eigenvalue weighted by atomic mass is 16.3. The fourth-order valence-corrected chi connectivity index (χ4v) is 8.10. The highest BCUT2D eigenvalue weighted by Crippen LogP contribution is 2.41. The topological polar surface area (TPSA) is 29.5 Å². The van der Waals surface area contributed by atoms with Crippen molar-refractivity contribution in [2.45, 2.75) is 0 Å².